The van der Waals surface area contributed by atoms with Crippen molar-refractivity contribution in [3.8, 4) is 5.88 Å². The molecule has 0 spiro atoms. The van der Waals surface area contributed by atoms with Gasteiger partial charge in [-0.25, -0.2) is 4.98 Å². The average Bonchev–Trinajstić information content (AvgIpc) is 2.27. The SMILES string of the molecule is COc1cc2c(C(C)C)cnnc2cn1. The molecule has 0 saturated heterocycles. The third kappa shape index (κ3) is 1.75. The topological polar surface area (TPSA) is 47.9 Å². The molecule has 0 saturated carbocycles. The van der Waals surface area contributed by atoms with Crippen molar-refractivity contribution in [1.29, 1.82) is 0 Å². The third-order valence-electron chi connectivity index (χ3n) is 2.36. The summed E-state index contributed by atoms with van der Waals surface area (Å²) in [5, 5.41) is 9.05. The van der Waals surface area contributed by atoms with E-state index in [0.29, 0.717) is 11.8 Å². The Morgan fingerprint density at radius 2 is 2.07 bits per heavy atom. The van der Waals surface area contributed by atoms with Gasteiger partial charge in [-0.05, 0) is 11.5 Å². The lowest BCUT2D eigenvalue weighted by molar-refractivity contribution is 0.398. The average molecular weight is 203 g/mol. The second-order valence-electron chi connectivity index (χ2n) is 3.70. The maximum absolute atomic E-state index is 5.10. The van der Waals surface area contributed by atoms with Crippen LogP contribution in [0.15, 0.2) is 18.5 Å². The van der Waals surface area contributed by atoms with E-state index in [1.54, 1.807) is 19.5 Å². The lowest BCUT2D eigenvalue weighted by Gasteiger charge is -2.08. The predicted molar refractivity (Wildman–Crippen MR) is 58.0 cm³/mol. The van der Waals surface area contributed by atoms with Gasteiger partial charge in [-0.3, -0.25) is 0 Å². The number of pyridine rings is 1. The number of nitrogens with zero attached hydrogens (tertiary/aromatic N) is 3. The highest BCUT2D eigenvalue weighted by molar-refractivity contribution is 5.81. The molecular formula is C11H13N3O. The summed E-state index contributed by atoms with van der Waals surface area (Å²) in [5.41, 5.74) is 1.97. The van der Waals surface area contributed by atoms with Crippen molar-refractivity contribution < 1.29 is 4.74 Å². The number of hydrogen-bond acceptors (Lipinski definition) is 4. The van der Waals surface area contributed by atoms with Crippen LogP contribution in [-0.2, 0) is 0 Å². The van der Waals surface area contributed by atoms with Gasteiger partial charge in [-0.15, -0.1) is 5.10 Å². The fourth-order valence-corrected chi connectivity index (χ4v) is 1.53. The molecule has 0 fully saturated rings. The lowest BCUT2D eigenvalue weighted by atomic mass is 10.0. The minimum Gasteiger partial charge on any atom is -0.481 e. The molecule has 2 heterocycles. The first-order valence-corrected chi connectivity index (χ1v) is 4.87. The Balaban J connectivity index is 2.70. The van der Waals surface area contributed by atoms with Gasteiger partial charge in [0.2, 0.25) is 5.88 Å². The number of rotatable bonds is 2. The maximum Gasteiger partial charge on any atom is 0.213 e. The molecule has 2 aromatic rings. The van der Waals surface area contributed by atoms with Crippen LogP contribution in [0, 0.1) is 0 Å². The molecule has 15 heavy (non-hydrogen) atoms. The molecule has 78 valence electrons. The van der Waals surface area contributed by atoms with E-state index >= 15 is 0 Å². The minimum absolute atomic E-state index is 0.412. The molecule has 4 nitrogen and oxygen atoms in total. The molecule has 0 atom stereocenters. The van der Waals surface area contributed by atoms with Gasteiger partial charge in [0.05, 0.1) is 19.5 Å². The zero-order chi connectivity index (χ0) is 10.8. The van der Waals surface area contributed by atoms with E-state index in [-0.39, 0.29) is 0 Å². The zero-order valence-electron chi connectivity index (χ0n) is 9.06. The van der Waals surface area contributed by atoms with E-state index in [0.717, 1.165) is 10.9 Å². The second kappa shape index (κ2) is 3.81. The molecule has 0 radical (unpaired) electrons. The molecule has 0 aliphatic rings. The van der Waals surface area contributed by atoms with E-state index in [9.17, 15) is 0 Å². The Labute approximate surface area is 88.3 Å². The predicted octanol–water partition coefficient (Wildman–Crippen LogP) is 2.16. The highest BCUT2D eigenvalue weighted by atomic mass is 16.5. The van der Waals surface area contributed by atoms with Gasteiger partial charge in [-0.2, -0.15) is 5.10 Å². The highest BCUT2D eigenvalue weighted by Crippen LogP contribution is 2.24. The standard InChI is InChI=1S/C11H13N3O/c1-7(2)9-5-13-14-10-6-12-11(15-3)4-8(9)10/h4-7H,1-3H3. The molecule has 0 N–H and O–H groups in total. The number of fused-ring (bicyclic) bond motifs is 1. The van der Waals surface area contributed by atoms with E-state index in [4.69, 9.17) is 4.74 Å². The molecular weight excluding hydrogens is 190 g/mol. The Morgan fingerprint density at radius 3 is 2.73 bits per heavy atom. The monoisotopic (exact) mass is 203 g/mol. The van der Waals surface area contributed by atoms with Crippen LogP contribution in [0.1, 0.15) is 25.3 Å². The Morgan fingerprint density at radius 1 is 1.27 bits per heavy atom. The van der Waals surface area contributed by atoms with Gasteiger partial charge in [-0.1, -0.05) is 13.8 Å². The summed E-state index contributed by atoms with van der Waals surface area (Å²) in [4.78, 5) is 4.10. The summed E-state index contributed by atoms with van der Waals surface area (Å²) in [5.74, 6) is 1.02. The molecule has 2 rings (SSSR count). The number of methoxy groups -OCH3 is 1. The number of ether oxygens (including phenoxy) is 1. The number of hydrogen-bond donors (Lipinski definition) is 0. The maximum atomic E-state index is 5.10. The summed E-state index contributed by atoms with van der Waals surface area (Å²) in [6, 6.07) is 1.90. The Kier molecular flexibility index (Phi) is 2.49. The molecule has 0 unspecified atom stereocenters. The quantitative estimate of drug-likeness (QED) is 0.750. The summed E-state index contributed by atoms with van der Waals surface area (Å²) in [6.45, 7) is 4.26. The van der Waals surface area contributed by atoms with Crippen molar-refractivity contribution in [2.24, 2.45) is 0 Å². The Hall–Kier alpha value is -1.71. The molecule has 0 aliphatic carbocycles. The van der Waals surface area contributed by atoms with Crippen molar-refractivity contribution >= 4 is 10.9 Å². The molecule has 0 amide bonds. The van der Waals surface area contributed by atoms with Crippen molar-refractivity contribution in [1.82, 2.24) is 15.2 Å². The van der Waals surface area contributed by atoms with Crippen LogP contribution in [0.5, 0.6) is 5.88 Å². The van der Waals surface area contributed by atoms with Crippen molar-refractivity contribution in [3.05, 3.63) is 24.0 Å². The third-order valence-corrected chi connectivity index (χ3v) is 2.36. The van der Waals surface area contributed by atoms with Gasteiger partial charge in [0.1, 0.15) is 5.52 Å². The lowest BCUT2D eigenvalue weighted by Crippen LogP contribution is -1.96. The van der Waals surface area contributed by atoms with E-state index in [2.05, 4.69) is 29.0 Å². The zero-order valence-corrected chi connectivity index (χ0v) is 9.06. The first kappa shape index (κ1) is 9.83. The normalized spacial score (nSPS) is 10.9. The summed E-state index contributed by atoms with van der Waals surface area (Å²) < 4.78 is 5.10. The smallest absolute Gasteiger partial charge is 0.213 e. The van der Waals surface area contributed by atoms with E-state index in [1.807, 2.05) is 6.07 Å². The first-order valence-electron chi connectivity index (χ1n) is 4.87. The van der Waals surface area contributed by atoms with Crippen molar-refractivity contribution in [2.45, 2.75) is 19.8 Å². The summed E-state index contributed by atoms with van der Waals surface area (Å²) in [7, 11) is 1.61. The van der Waals surface area contributed by atoms with Gasteiger partial charge in [0, 0.05) is 11.5 Å². The summed E-state index contributed by atoms with van der Waals surface area (Å²) in [6.07, 6.45) is 3.49. The minimum atomic E-state index is 0.412. The summed E-state index contributed by atoms with van der Waals surface area (Å²) >= 11 is 0. The molecule has 0 aromatic carbocycles. The number of aromatic nitrogens is 3. The molecule has 2 aromatic heterocycles. The molecule has 4 heteroatoms. The largest absolute Gasteiger partial charge is 0.481 e. The van der Waals surface area contributed by atoms with Crippen LogP contribution in [0.2, 0.25) is 0 Å². The molecule has 0 bridgehead atoms. The fraction of sp³-hybridized carbons (Fsp3) is 0.364. The highest BCUT2D eigenvalue weighted by Gasteiger charge is 2.08. The van der Waals surface area contributed by atoms with Crippen molar-refractivity contribution in [2.75, 3.05) is 7.11 Å². The fourth-order valence-electron chi connectivity index (χ4n) is 1.53. The van der Waals surface area contributed by atoms with Crippen LogP contribution in [-0.4, -0.2) is 22.3 Å². The van der Waals surface area contributed by atoms with E-state index < -0.39 is 0 Å². The van der Waals surface area contributed by atoms with Gasteiger partial charge in [0.25, 0.3) is 0 Å². The Bertz CT molecular complexity index is 482. The van der Waals surface area contributed by atoms with Crippen LogP contribution in [0.25, 0.3) is 10.9 Å². The van der Waals surface area contributed by atoms with Crippen LogP contribution in [0.4, 0.5) is 0 Å². The second-order valence-corrected chi connectivity index (χ2v) is 3.70. The van der Waals surface area contributed by atoms with E-state index in [1.165, 1.54) is 5.56 Å². The van der Waals surface area contributed by atoms with Crippen LogP contribution < -0.4 is 4.74 Å². The van der Waals surface area contributed by atoms with Gasteiger partial charge < -0.3 is 4.74 Å². The van der Waals surface area contributed by atoms with Crippen LogP contribution in [0.3, 0.4) is 0 Å². The van der Waals surface area contributed by atoms with Crippen LogP contribution >= 0.6 is 0 Å². The first-order chi connectivity index (χ1) is 7.22. The van der Waals surface area contributed by atoms with Crippen molar-refractivity contribution in [3.63, 3.8) is 0 Å². The van der Waals surface area contributed by atoms with Gasteiger partial charge in [0.15, 0.2) is 0 Å². The van der Waals surface area contributed by atoms with Gasteiger partial charge >= 0.3 is 0 Å². The molecule has 0 aliphatic heterocycles.